The third kappa shape index (κ3) is 12.5. The van der Waals surface area contributed by atoms with Crippen LogP contribution in [-0.2, 0) is 17.2 Å². The summed E-state index contributed by atoms with van der Waals surface area (Å²) < 4.78 is 90.9. The van der Waals surface area contributed by atoms with Crippen molar-refractivity contribution in [3.8, 4) is 34.0 Å². The van der Waals surface area contributed by atoms with Crippen molar-refractivity contribution >= 4 is 22.9 Å². The first-order valence-electron chi connectivity index (χ1n) is 17.1. The number of aliphatic hydroxyl groups is 1. The maximum absolute atomic E-state index is 12.4. The van der Waals surface area contributed by atoms with E-state index >= 15 is 0 Å². The summed E-state index contributed by atoms with van der Waals surface area (Å²) in [5.74, 6) is 2.21. The van der Waals surface area contributed by atoms with Crippen LogP contribution in [0.25, 0.3) is 33.8 Å². The highest BCUT2D eigenvalue weighted by Crippen LogP contribution is 2.32. The van der Waals surface area contributed by atoms with Crippen LogP contribution in [0.15, 0.2) is 61.2 Å². The van der Waals surface area contributed by atoms with Gasteiger partial charge in [-0.15, -0.1) is 58.3 Å². The van der Waals surface area contributed by atoms with Crippen molar-refractivity contribution in [3.05, 3.63) is 84.0 Å². The van der Waals surface area contributed by atoms with Gasteiger partial charge in [0.25, 0.3) is 0 Å². The van der Waals surface area contributed by atoms with E-state index in [9.17, 15) is 26.3 Å². The molecule has 2 saturated carbocycles. The molecule has 0 radical (unpaired) electrons. The van der Waals surface area contributed by atoms with E-state index in [0.717, 1.165) is 0 Å². The molecule has 0 aliphatic heterocycles. The van der Waals surface area contributed by atoms with E-state index in [2.05, 4.69) is 39.8 Å². The van der Waals surface area contributed by atoms with Gasteiger partial charge in [0.1, 0.15) is 18.1 Å². The van der Waals surface area contributed by atoms with Gasteiger partial charge in [-0.1, -0.05) is 14.9 Å². The van der Waals surface area contributed by atoms with E-state index in [0.29, 0.717) is 88.2 Å². The van der Waals surface area contributed by atoms with Crippen LogP contribution in [0.1, 0.15) is 63.3 Å². The second-order valence-corrected chi connectivity index (χ2v) is 13.3. The van der Waals surface area contributed by atoms with Crippen molar-refractivity contribution in [1.29, 1.82) is 0 Å². The van der Waals surface area contributed by atoms with Crippen molar-refractivity contribution in [2.75, 3.05) is 13.2 Å². The zero-order valence-corrected chi connectivity index (χ0v) is 30.2. The fourth-order valence-corrected chi connectivity index (χ4v) is 5.49. The quantitative estimate of drug-likeness (QED) is 0.105. The largest absolute Gasteiger partial charge is 0.573 e. The Labute approximate surface area is 329 Å². The molecule has 19 heteroatoms. The molecule has 0 amide bonds. The van der Waals surface area contributed by atoms with Gasteiger partial charge in [0.05, 0.1) is 29.7 Å². The third-order valence-corrected chi connectivity index (χ3v) is 8.74. The lowest BCUT2D eigenvalue weighted by Gasteiger charge is -2.12. The molecule has 0 saturated heterocycles. The van der Waals surface area contributed by atoms with Gasteiger partial charge in [-0.05, 0) is 98.9 Å². The summed E-state index contributed by atoms with van der Waals surface area (Å²) in [6.45, 7) is 4.86. The highest BCUT2D eigenvalue weighted by molar-refractivity contribution is 6.16. The smallest absolute Gasteiger partial charge is 0.406 e. The normalized spacial score (nSPS) is 13.8. The van der Waals surface area contributed by atoms with Crippen molar-refractivity contribution in [3.63, 3.8) is 0 Å². The first-order valence-corrected chi connectivity index (χ1v) is 17.6. The molecule has 0 atom stereocenters. The van der Waals surface area contributed by atoms with Crippen molar-refractivity contribution in [2.45, 2.75) is 79.6 Å². The van der Waals surface area contributed by atoms with E-state index in [-0.39, 0.29) is 32.2 Å². The van der Waals surface area contributed by atoms with E-state index < -0.39 is 12.7 Å². The number of rotatable bonds is 10. The minimum absolute atomic E-state index is 0. The molecule has 0 spiro atoms. The predicted octanol–water partition coefficient (Wildman–Crippen LogP) is 9.32. The van der Waals surface area contributed by atoms with Crippen LogP contribution >= 0.6 is 11.6 Å². The van der Waals surface area contributed by atoms with Crippen molar-refractivity contribution < 1.29 is 45.7 Å². The SMILES string of the molecule is C.C.Cc1cc(OC(F)(F)F)ccc1-c1cn2c(CCl)nnc2cn1.Cc1cc(OC(F)(F)F)ccc1-c1cn2c(COCC3CC3)nnc2cn1.OCC1CC1. The van der Waals surface area contributed by atoms with Crippen LogP contribution in [0.2, 0.25) is 0 Å². The molecule has 0 bridgehead atoms. The van der Waals surface area contributed by atoms with Crippen LogP contribution in [0, 0.1) is 25.7 Å². The van der Waals surface area contributed by atoms with Gasteiger partial charge in [-0.3, -0.25) is 18.8 Å². The Morgan fingerprint density at radius 3 is 1.54 bits per heavy atom. The molecule has 308 valence electrons. The first-order chi connectivity index (χ1) is 26.2. The molecule has 6 aromatic rings. The topological polar surface area (TPSA) is 134 Å². The van der Waals surface area contributed by atoms with Gasteiger partial charge in [-0.2, -0.15) is 0 Å². The fraction of sp³-hybridized carbons (Fsp3) is 0.421. The molecule has 57 heavy (non-hydrogen) atoms. The standard InChI is InChI=1S/C18H17F3N4O2.C14H10ClF3N4O.C4H8O.2CH4/c1-11-6-13(27-18(19,20)21)4-5-14(11)15-8-25-16(7-22-15)23-24-17(25)10-26-9-12-2-3-12;1-8-4-9(23-14(16,17)18)2-3-10(8)11-7-22-12(5-15)20-21-13(22)6-19-11;5-3-4-1-2-4;;/h4-8,12H,2-3,9-10H2,1H3;2-4,6-7H,5H2,1H3;4-5H,1-3H2;2*1H4. The summed E-state index contributed by atoms with van der Waals surface area (Å²) in [4.78, 5) is 8.61. The van der Waals surface area contributed by atoms with E-state index in [1.807, 2.05) is 0 Å². The van der Waals surface area contributed by atoms with Crippen LogP contribution in [0.3, 0.4) is 0 Å². The Kier molecular flexibility index (Phi) is 14.8. The Morgan fingerprint density at radius 1 is 0.702 bits per heavy atom. The molecule has 12 nitrogen and oxygen atoms in total. The summed E-state index contributed by atoms with van der Waals surface area (Å²) in [7, 11) is 0. The first kappa shape index (κ1) is 44.6. The maximum Gasteiger partial charge on any atom is 0.573 e. The monoisotopic (exact) mass is 824 g/mol. The lowest BCUT2D eigenvalue weighted by molar-refractivity contribution is -0.275. The molecule has 4 heterocycles. The average Bonchev–Trinajstić information content (AvgIpc) is 4.06. The molecule has 1 N–H and O–H groups in total. The summed E-state index contributed by atoms with van der Waals surface area (Å²) >= 11 is 5.79. The van der Waals surface area contributed by atoms with E-state index in [1.54, 1.807) is 47.3 Å². The number of benzene rings is 2. The van der Waals surface area contributed by atoms with Crippen molar-refractivity contribution in [1.82, 2.24) is 39.2 Å². The number of hydrogen-bond acceptors (Lipinski definition) is 10. The highest BCUT2D eigenvalue weighted by atomic mass is 35.5. The van der Waals surface area contributed by atoms with Crippen LogP contribution < -0.4 is 9.47 Å². The lowest BCUT2D eigenvalue weighted by Crippen LogP contribution is -2.17. The second kappa shape index (κ2) is 18.9. The number of aromatic nitrogens is 8. The highest BCUT2D eigenvalue weighted by Gasteiger charge is 2.32. The van der Waals surface area contributed by atoms with Crippen LogP contribution in [0.5, 0.6) is 11.5 Å². The Morgan fingerprint density at radius 2 is 1.16 bits per heavy atom. The number of halogens is 7. The molecular formula is C38H43ClF6N8O4. The van der Waals surface area contributed by atoms with Crippen LogP contribution in [0.4, 0.5) is 26.3 Å². The minimum atomic E-state index is -4.72. The number of hydrogen-bond donors (Lipinski definition) is 1. The van der Waals surface area contributed by atoms with Gasteiger partial charge in [0, 0.05) is 36.7 Å². The summed E-state index contributed by atoms with van der Waals surface area (Å²) in [5.41, 5.74) is 4.88. The maximum atomic E-state index is 12.4. The zero-order valence-electron chi connectivity index (χ0n) is 29.5. The Hall–Kier alpha value is -5.07. The number of aryl methyl sites for hydroxylation is 2. The molecular weight excluding hydrogens is 782 g/mol. The summed E-state index contributed by atoms with van der Waals surface area (Å²) in [6.07, 6.45) is 2.06. The van der Waals surface area contributed by atoms with E-state index in [4.69, 9.17) is 21.4 Å². The minimum Gasteiger partial charge on any atom is -0.406 e. The number of aliphatic hydroxyl groups excluding tert-OH is 1. The molecule has 2 fully saturated rings. The van der Waals surface area contributed by atoms with Gasteiger partial charge < -0.3 is 19.3 Å². The number of alkyl halides is 7. The zero-order chi connectivity index (χ0) is 39.3. The number of ether oxygens (including phenoxy) is 3. The Balaban J connectivity index is 0.000000220. The summed E-state index contributed by atoms with van der Waals surface area (Å²) in [5, 5.41) is 24.2. The number of nitrogens with zero attached hydrogens (tertiary/aromatic N) is 8. The lowest BCUT2D eigenvalue weighted by atomic mass is 10.1. The second-order valence-electron chi connectivity index (χ2n) is 13.0. The van der Waals surface area contributed by atoms with Gasteiger partial charge in [0.2, 0.25) is 0 Å². The molecule has 4 aromatic heterocycles. The van der Waals surface area contributed by atoms with Crippen LogP contribution in [-0.4, -0.2) is 70.2 Å². The molecule has 2 aliphatic rings. The molecule has 2 aromatic carbocycles. The number of fused-ring (bicyclic) bond motifs is 2. The van der Waals surface area contributed by atoms with Gasteiger partial charge >= 0.3 is 12.7 Å². The van der Waals surface area contributed by atoms with E-state index in [1.165, 1.54) is 62.2 Å². The third-order valence-electron chi connectivity index (χ3n) is 8.50. The molecule has 8 rings (SSSR count). The van der Waals surface area contributed by atoms with Gasteiger partial charge in [0.15, 0.2) is 22.9 Å². The fourth-order valence-electron chi connectivity index (χ4n) is 5.31. The molecule has 2 aliphatic carbocycles. The average molecular weight is 825 g/mol. The predicted molar refractivity (Wildman–Crippen MR) is 200 cm³/mol. The summed E-state index contributed by atoms with van der Waals surface area (Å²) in [6, 6.07) is 8.24. The van der Waals surface area contributed by atoms with Gasteiger partial charge in [-0.25, -0.2) is 0 Å². The Bertz CT molecular complexity index is 2240. The van der Waals surface area contributed by atoms with Crippen molar-refractivity contribution in [2.24, 2.45) is 11.8 Å². The molecule has 0 unspecified atom stereocenters.